The molecule has 3 N–H and O–H groups in total. The molecule has 0 radical (unpaired) electrons. The molecule has 1 aromatic rings. The van der Waals surface area contributed by atoms with Crippen molar-refractivity contribution in [3.05, 3.63) is 23.8 Å². The number of rotatable bonds is 2. The van der Waals surface area contributed by atoms with Gasteiger partial charge in [-0.05, 0) is 45.4 Å². The van der Waals surface area contributed by atoms with Crippen LogP contribution in [0, 0.1) is 0 Å². The van der Waals surface area contributed by atoms with E-state index in [-0.39, 0.29) is 5.92 Å². The highest BCUT2D eigenvalue weighted by Crippen LogP contribution is 2.34. The summed E-state index contributed by atoms with van der Waals surface area (Å²) in [7, 11) is 0. The Labute approximate surface area is 119 Å². The zero-order valence-electron chi connectivity index (χ0n) is 12.2. The van der Waals surface area contributed by atoms with Gasteiger partial charge in [0.25, 0.3) is 0 Å². The monoisotopic (exact) mass is 278 g/mol. The average Bonchev–Trinajstić information content (AvgIpc) is 2.34. The Hall–Kier alpha value is -1.91. The Bertz CT molecular complexity index is 494. The first-order valence-electron chi connectivity index (χ1n) is 6.84. The Kier molecular flexibility index (Phi) is 4.06. The van der Waals surface area contributed by atoms with E-state index in [4.69, 9.17) is 15.2 Å². The number of alkyl carbamates (subject to hydrolysis) is 1. The average molecular weight is 278 g/mol. The molecule has 0 bridgehead atoms. The number of amides is 1. The van der Waals surface area contributed by atoms with Crippen LogP contribution >= 0.6 is 0 Å². The third-order valence-electron chi connectivity index (χ3n) is 3.09. The quantitative estimate of drug-likeness (QED) is 0.816. The summed E-state index contributed by atoms with van der Waals surface area (Å²) in [5.74, 6) is 1.05. The Morgan fingerprint density at radius 1 is 1.50 bits per heavy atom. The molecule has 1 aromatic carbocycles. The molecule has 0 aromatic heterocycles. The molecule has 0 saturated heterocycles. The van der Waals surface area contributed by atoms with E-state index < -0.39 is 11.7 Å². The third kappa shape index (κ3) is 3.79. The van der Waals surface area contributed by atoms with E-state index in [0.717, 1.165) is 17.7 Å². The van der Waals surface area contributed by atoms with Gasteiger partial charge in [-0.3, -0.25) is 0 Å². The molecular formula is C15H22N2O3. The minimum atomic E-state index is -0.484. The number of ether oxygens (including phenoxy) is 2. The van der Waals surface area contributed by atoms with Crippen molar-refractivity contribution in [3.63, 3.8) is 0 Å². The SMILES string of the molecule is CC(C)(C)OC(=O)NCC1CCOc2ccc(N)cc21. The summed E-state index contributed by atoms with van der Waals surface area (Å²) >= 11 is 0. The lowest BCUT2D eigenvalue weighted by Gasteiger charge is -2.27. The Balaban J connectivity index is 1.98. The number of nitrogen functional groups attached to an aromatic ring is 1. The van der Waals surface area contributed by atoms with Gasteiger partial charge >= 0.3 is 6.09 Å². The first-order chi connectivity index (χ1) is 9.35. The van der Waals surface area contributed by atoms with E-state index in [1.165, 1.54) is 0 Å². The zero-order valence-corrected chi connectivity index (χ0v) is 12.2. The molecular weight excluding hydrogens is 256 g/mol. The molecule has 1 unspecified atom stereocenters. The summed E-state index contributed by atoms with van der Waals surface area (Å²) < 4.78 is 10.8. The van der Waals surface area contributed by atoms with Crippen molar-refractivity contribution in [2.45, 2.75) is 38.7 Å². The van der Waals surface area contributed by atoms with Crippen LogP contribution in [0.25, 0.3) is 0 Å². The predicted molar refractivity (Wildman–Crippen MR) is 77.9 cm³/mol. The summed E-state index contributed by atoms with van der Waals surface area (Å²) in [6.07, 6.45) is 0.459. The van der Waals surface area contributed by atoms with Crippen molar-refractivity contribution >= 4 is 11.8 Å². The third-order valence-corrected chi connectivity index (χ3v) is 3.09. The van der Waals surface area contributed by atoms with Gasteiger partial charge < -0.3 is 20.5 Å². The van der Waals surface area contributed by atoms with Crippen molar-refractivity contribution < 1.29 is 14.3 Å². The standard InChI is InChI=1S/C15H22N2O3/c1-15(2,3)20-14(18)17-9-10-6-7-19-13-5-4-11(16)8-12(10)13/h4-5,8,10H,6-7,9,16H2,1-3H3,(H,17,18). The number of benzene rings is 1. The maximum absolute atomic E-state index is 11.7. The van der Waals surface area contributed by atoms with Crippen LogP contribution < -0.4 is 15.8 Å². The lowest BCUT2D eigenvalue weighted by Crippen LogP contribution is -2.35. The Morgan fingerprint density at radius 3 is 2.95 bits per heavy atom. The van der Waals surface area contributed by atoms with Gasteiger partial charge in [-0.2, -0.15) is 0 Å². The number of carbonyl (C=O) groups excluding carboxylic acids is 1. The van der Waals surface area contributed by atoms with E-state index in [1.807, 2.05) is 39.0 Å². The lowest BCUT2D eigenvalue weighted by atomic mass is 9.93. The normalized spacial score (nSPS) is 17.9. The van der Waals surface area contributed by atoms with Gasteiger partial charge in [-0.15, -0.1) is 0 Å². The number of fused-ring (bicyclic) bond motifs is 1. The summed E-state index contributed by atoms with van der Waals surface area (Å²) in [5, 5.41) is 2.81. The molecule has 20 heavy (non-hydrogen) atoms. The molecule has 0 aliphatic carbocycles. The molecule has 2 rings (SSSR count). The van der Waals surface area contributed by atoms with E-state index in [0.29, 0.717) is 18.8 Å². The summed E-state index contributed by atoms with van der Waals surface area (Å²) in [6.45, 7) is 6.71. The van der Waals surface area contributed by atoms with Crippen LogP contribution in [0.3, 0.4) is 0 Å². The summed E-state index contributed by atoms with van der Waals surface area (Å²) in [4.78, 5) is 11.7. The minimum absolute atomic E-state index is 0.203. The van der Waals surface area contributed by atoms with E-state index >= 15 is 0 Å². The van der Waals surface area contributed by atoms with Crippen LogP contribution in [0.2, 0.25) is 0 Å². The van der Waals surface area contributed by atoms with Crippen LogP contribution in [-0.4, -0.2) is 24.8 Å². The number of hydrogen-bond donors (Lipinski definition) is 2. The first kappa shape index (κ1) is 14.5. The van der Waals surface area contributed by atoms with Gasteiger partial charge in [0.1, 0.15) is 11.4 Å². The van der Waals surface area contributed by atoms with E-state index in [9.17, 15) is 4.79 Å². The smallest absolute Gasteiger partial charge is 0.407 e. The van der Waals surface area contributed by atoms with Crippen LogP contribution in [0.15, 0.2) is 18.2 Å². The highest BCUT2D eigenvalue weighted by molar-refractivity contribution is 5.67. The molecule has 5 heteroatoms. The second kappa shape index (κ2) is 5.61. The number of nitrogens with one attached hydrogen (secondary N) is 1. The lowest BCUT2D eigenvalue weighted by molar-refractivity contribution is 0.0521. The Morgan fingerprint density at radius 2 is 2.25 bits per heavy atom. The molecule has 1 aliphatic rings. The fraction of sp³-hybridized carbons (Fsp3) is 0.533. The fourth-order valence-electron chi connectivity index (χ4n) is 2.22. The molecule has 1 aliphatic heterocycles. The van der Waals surface area contributed by atoms with Gasteiger partial charge in [-0.25, -0.2) is 4.79 Å². The number of hydrogen-bond acceptors (Lipinski definition) is 4. The van der Waals surface area contributed by atoms with Gasteiger partial charge in [0.2, 0.25) is 0 Å². The molecule has 0 fully saturated rings. The maximum Gasteiger partial charge on any atom is 0.407 e. The van der Waals surface area contributed by atoms with Crippen molar-refractivity contribution in [1.82, 2.24) is 5.32 Å². The maximum atomic E-state index is 11.7. The van der Waals surface area contributed by atoms with Crippen molar-refractivity contribution in [2.75, 3.05) is 18.9 Å². The second-order valence-electron chi connectivity index (χ2n) is 6.01. The topological polar surface area (TPSA) is 73.6 Å². The molecule has 110 valence electrons. The first-order valence-corrected chi connectivity index (χ1v) is 6.84. The summed E-state index contributed by atoms with van der Waals surface area (Å²) in [5.41, 5.74) is 7.09. The van der Waals surface area contributed by atoms with E-state index in [2.05, 4.69) is 5.32 Å². The highest BCUT2D eigenvalue weighted by Gasteiger charge is 2.23. The number of anilines is 1. The highest BCUT2D eigenvalue weighted by atomic mass is 16.6. The molecule has 1 atom stereocenters. The molecule has 1 heterocycles. The van der Waals surface area contributed by atoms with E-state index in [1.54, 1.807) is 0 Å². The zero-order chi connectivity index (χ0) is 14.8. The molecule has 0 spiro atoms. The van der Waals surface area contributed by atoms with Crippen LogP contribution in [0.5, 0.6) is 5.75 Å². The molecule has 5 nitrogen and oxygen atoms in total. The number of carbonyl (C=O) groups is 1. The minimum Gasteiger partial charge on any atom is -0.493 e. The van der Waals surface area contributed by atoms with Crippen LogP contribution in [0.1, 0.15) is 38.7 Å². The van der Waals surface area contributed by atoms with Gasteiger partial charge in [-0.1, -0.05) is 0 Å². The second-order valence-corrected chi connectivity index (χ2v) is 6.01. The number of nitrogens with two attached hydrogens (primary N) is 1. The van der Waals surface area contributed by atoms with Gasteiger partial charge in [0.15, 0.2) is 0 Å². The summed E-state index contributed by atoms with van der Waals surface area (Å²) in [6, 6.07) is 5.61. The van der Waals surface area contributed by atoms with Crippen molar-refractivity contribution in [3.8, 4) is 5.75 Å². The molecule has 1 amide bonds. The largest absolute Gasteiger partial charge is 0.493 e. The van der Waals surface area contributed by atoms with Crippen LogP contribution in [-0.2, 0) is 4.74 Å². The van der Waals surface area contributed by atoms with Crippen molar-refractivity contribution in [1.29, 1.82) is 0 Å². The fourth-order valence-corrected chi connectivity index (χ4v) is 2.22. The van der Waals surface area contributed by atoms with Crippen LogP contribution in [0.4, 0.5) is 10.5 Å². The predicted octanol–water partition coefficient (Wildman–Crippen LogP) is 2.66. The van der Waals surface area contributed by atoms with Crippen molar-refractivity contribution in [2.24, 2.45) is 0 Å². The van der Waals surface area contributed by atoms with Gasteiger partial charge in [0, 0.05) is 23.7 Å². The van der Waals surface area contributed by atoms with Gasteiger partial charge in [0.05, 0.1) is 6.61 Å². The molecule has 0 saturated carbocycles.